The minimum absolute atomic E-state index is 0.0380. The predicted octanol–water partition coefficient (Wildman–Crippen LogP) is 0.159. The zero-order chi connectivity index (χ0) is 31.5. The number of hydrogen-bond donors (Lipinski definition) is 8. The molecule has 0 saturated heterocycles. The van der Waals surface area contributed by atoms with E-state index in [1.54, 1.807) is 42.6 Å². The van der Waals surface area contributed by atoms with Crippen LogP contribution in [0.1, 0.15) is 30.4 Å². The lowest BCUT2D eigenvalue weighted by Gasteiger charge is -2.25. The topological polar surface area (TPSA) is 241 Å². The third-order valence-electron chi connectivity index (χ3n) is 6.65. The predicted molar refractivity (Wildman–Crippen MR) is 153 cm³/mol. The second-order valence-corrected chi connectivity index (χ2v) is 9.91. The lowest BCUT2D eigenvalue weighted by molar-refractivity contribution is -0.147. The van der Waals surface area contributed by atoms with Crippen LogP contribution in [0.15, 0.2) is 60.8 Å². The number of aromatic amines is 1. The third kappa shape index (κ3) is 9.67. The van der Waals surface area contributed by atoms with Crippen LogP contribution in [-0.4, -0.2) is 80.1 Å². The number of amides is 3. The number of carbonyl (C=O) groups is 6. The standard InChI is InChI=1S/C29H33N5O9/c30-19(10-11-24(35)36)26(39)32-22(13-17-15-31-20-9-5-4-8-18(17)20)28(41)33-21(12-16-6-2-1-3-7-16)27(40)34-23(29(42)43)14-25(37)38/h1-9,15,19,21-23,31H,10-14,30H2,(H,32,39)(H,33,41)(H,34,40)(H,35,36)(H,37,38)(H,42,43). The smallest absolute Gasteiger partial charge is 0.326 e. The summed E-state index contributed by atoms with van der Waals surface area (Å²) in [5.41, 5.74) is 7.92. The fraction of sp³-hybridized carbons (Fsp3) is 0.310. The first-order chi connectivity index (χ1) is 20.4. The molecule has 2 aromatic carbocycles. The van der Waals surface area contributed by atoms with Gasteiger partial charge in [0.15, 0.2) is 0 Å². The molecule has 43 heavy (non-hydrogen) atoms. The van der Waals surface area contributed by atoms with Gasteiger partial charge in [0.25, 0.3) is 0 Å². The molecule has 0 bridgehead atoms. The van der Waals surface area contributed by atoms with Crippen LogP contribution in [0.3, 0.4) is 0 Å². The summed E-state index contributed by atoms with van der Waals surface area (Å²) < 4.78 is 0. The number of nitrogens with two attached hydrogens (primary N) is 1. The number of carboxylic acid groups (broad SMARTS) is 3. The van der Waals surface area contributed by atoms with Gasteiger partial charge in [-0.25, -0.2) is 4.79 Å². The summed E-state index contributed by atoms with van der Waals surface area (Å²) in [5.74, 6) is -6.68. The summed E-state index contributed by atoms with van der Waals surface area (Å²) in [4.78, 5) is 76.5. The molecule has 3 rings (SSSR count). The van der Waals surface area contributed by atoms with Crippen molar-refractivity contribution >= 4 is 46.5 Å². The highest BCUT2D eigenvalue weighted by molar-refractivity contribution is 5.95. The van der Waals surface area contributed by atoms with Crippen molar-refractivity contribution in [3.8, 4) is 0 Å². The van der Waals surface area contributed by atoms with E-state index in [1.165, 1.54) is 0 Å². The van der Waals surface area contributed by atoms with E-state index in [4.69, 9.17) is 15.9 Å². The molecule has 0 fully saturated rings. The Hall–Kier alpha value is -5.24. The van der Waals surface area contributed by atoms with Crippen molar-refractivity contribution in [1.29, 1.82) is 0 Å². The third-order valence-corrected chi connectivity index (χ3v) is 6.65. The number of aliphatic carboxylic acids is 3. The molecular formula is C29H33N5O9. The van der Waals surface area contributed by atoms with Crippen molar-refractivity contribution in [2.24, 2.45) is 5.73 Å². The van der Waals surface area contributed by atoms with E-state index in [2.05, 4.69) is 20.9 Å². The molecule has 0 aliphatic rings. The Morgan fingerprint density at radius 1 is 0.721 bits per heavy atom. The van der Waals surface area contributed by atoms with Crippen LogP contribution in [-0.2, 0) is 41.6 Å². The molecule has 1 heterocycles. The highest BCUT2D eigenvalue weighted by Crippen LogP contribution is 2.19. The van der Waals surface area contributed by atoms with Crippen LogP contribution in [0.4, 0.5) is 0 Å². The van der Waals surface area contributed by atoms with E-state index < -0.39 is 66.2 Å². The fourth-order valence-corrected chi connectivity index (χ4v) is 4.40. The van der Waals surface area contributed by atoms with Crippen molar-refractivity contribution in [1.82, 2.24) is 20.9 Å². The molecule has 14 nitrogen and oxygen atoms in total. The molecule has 0 spiro atoms. The minimum atomic E-state index is -1.76. The van der Waals surface area contributed by atoms with Crippen LogP contribution >= 0.6 is 0 Å². The number of fused-ring (bicyclic) bond motifs is 1. The normalized spacial score (nSPS) is 13.7. The molecule has 1 aromatic heterocycles. The first-order valence-corrected chi connectivity index (χ1v) is 13.4. The molecule has 0 radical (unpaired) electrons. The quantitative estimate of drug-likeness (QED) is 0.111. The Kier molecular flexibility index (Phi) is 11.3. The van der Waals surface area contributed by atoms with Gasteiger partial charge in [-0.15, -0.1) is 0 Å². The van der Waals surface area contributed by atoms with Crippen LogP contribution in [0, 0.1) is 0 Å². The van der Waals surface area contributed by atoms with Crippen LogP contribution in [0.2, 0.25) is 0 Å². The number of benzene rings is 2. The van der Waals surface area contributed by atoms with Gasteiger partial charge in [0.1, 0.15) is 18.1 Å². The Morgan fingerprint density at radius 3 is 1.93 bits per heavy atom. The van der Waals surface area contributed by atoms with Crippen molar-refractivity contribution in [3.05, 3.63) is 71.9 Å². The number of rotatable bonds is 16. The van der Waals surface area contributed by atoms with Gasteiger partial charge >= 0.3 is 17.9 Å². The molecule has 14 heteroatoms. The number of aromatic nitrogens is 1. The van der Waals surface area contributed by atoms with Gasteiger partial charge in [-0.3, -0.25) is 24.0 Å². The highest BCUT2D eigenvalue weighted by atomic mass is 16.4. The second kappa shape index (κ2) is 15.1. The Bertz CT molecular complexity index is 1470. The monoisotopic (exact) mass is 595 g/mol. The van der Waals surface area contributed by atoms with E-state index >= 15 is 0 Å². The lowest BCUT2D eigenvalue weighted by atomic mass is 10.0. The first-order valence-electron chi connectivity index (χ1n) is 13.4. The Balaban J connectivity index is 1.89. The Morgan fingerprint density at radius 2 is 1.30 bits per heavy atom. The summed E-state index contributed by atoms with van der Waals surface area (Å²) in [6.07, 6.45) is 0.114. The molecule has 3 aromatic rings. The SMILES string of the molecule is NC(CCC(=O)O)C(=O)NC(Cc1c[nH]c2ccccc12)C(=O)NC(Cc1ccccc1)C(=O)NC(CC(=O)O)C(=O)O. The van der Waals surface area contributed by atoms with Gasteiger partial charge in [-0.1, -0.05) is 48.5 Å². The zero-order valence-corrected chi connectivity index (χ0v) is 23.0. The van der Waals surface area contributed by atoms with Gasteiger partial charge in [-0.2, -0.15) is 0 Å². The molecular weight excluding hydrogens is 562 g/mol. The van der Waals surface area contributed by atoms with E-state index in [0.29, 0.717) is 11.1 Å². The van der Waals surface area contributed by atoms with Crippen LogP contribution in [0.25, 0.3) is 10.9 Å². The van der Waals surface area contributed by atoms with E-state index in [9.17, 15) is 33.9 Å². The lowest BCUT2D eigenvalue weighted by Crippen LogP contribution is -2.58. The molecule has 4 unspecified atom stereocenters. The number of carboxylic acids is 3. The van der Waals surface area contributed by atoms with E-state index in [0.717, 1.165) is 10.9 Å². The molecule has 228 valence electrons. The molecule has 9 N–H and O–H groups in total. The fourth-order valence-electron chi connectivity index (χ4n) is 4.40. The van der Waals surface area contributed by atoms with Crippen molar-refractivity contribution in [2.75, 3.05) is 0 Å². The molecule has 0 aliphatic carbocycles. The molecule has 4 atom stereocenters. The van der Waals surface area contributed by atoms with Crippen molar-refractivity contribution in [2.45, 2.75) is 56.3 Å². The number of nitrogens with one attached hydrogen (secondary N) is 4. The van der Waals surface area contributed by atoms with E-state index in [1.807, 2.05) is 18.2 Å². The summed E-state index contributed by atoms with van der Waals surface area (Å²) >= 11 is 0. The number of hydrogen-bond acceptors (Lipinski definition) is 7. The molecule has 0 aliphatic heterocycles. The summed E-state index contributed by atoms with van der Waals surface area (Å²) in [6.45, 7) is 0. The average Bonchev–Trinajstić information content (AvgIpc) is 3.37. The van der Waals surface area contributed by atoms with Gasteiger partial charge in [-0.05, 0) is 23.6 Å². The van der Waals surface area contributed by atoms with Gasteiger partial charge in [0.2, 0.25) is 17.7 Å². The zero-order valence-electron chi connectivity index (χ0n) is 23.0. The summed E-state index contributed by atoms with van der Waals surface area (Å²) in [7, 11) is 0. The molecule has 0 saturated carbocycles. The van der Waals surface area contributed by atoms with Gasteiger partial charge in [0, 0.05) is 36.4 Å². The molecule has 3 amide bonds. The van der Waals surface area contributed by atoms with Crippen LogP contribution < -0.4 is 21.7 Å². The summed E-state index contributed by atoms with van der Waals surface area (Å²) in [5, 5.41) is 35.5. The maximum atomic E-state index is 13.7. The van der Waals surface area contributed by atoms with Crippen molar-refractivity contribution < 1.29 is 44.1 Å². The second-order valence-electron chi connectivity index (χ2n) is 9.91. The summed E-state index contributed by atoms with van der Waals surface area (Å²) in [6, 6.07) is 10.2. The number of H-pyrrole nitrogens is 1. The highest BCUT2D eigenvalue weighted by Gasteiger charge is 2.32. The van der Waals surface area contributed by atoms with Crippen LogP contribution in [0.5, 0.6) is 0 Å². The number of para-hydroxylation sites is 1. The maximum absolute atomic E-state index is 13.7. The maximum Gasteiger partial charge on any atom is 0.326 e. The van der Waals surface area contributed by atoms with Crippen molar-refractivity contribution in [3.63, 3.8) is 0 Å². The van der Waals surface area contributed by atoms with Gasteiger partial charge < -0.3 is 42.0 Å². The minimum Gasteiger partial charge on any atom is -0.481 e. The largest absolute Gasteiger partial charge is 0.481 e. The average molecular weight is 596 g/mol. The Labute approximate surface area is 245 Å². The number of carbonyl (C=O) groups excluding carboxylic acids is 3. The van der Waals surface area contributed by atoms with E-state index in [-0.39, 0.29) is 25.7 Å². The van der Waals surface area contributed by atoms with Gasteiger partial charge in [0.05, 0.1) is 12.5 Å². The first kappa shape index (κ1) is 32.3.